The maximum absolute atomic E-state index is 12.2. The Balaban J connectivity index is 2.81. The molecule has 0 aliphatic rings. The molecule has 0 saturated heterocycles. The second-order valence-electron chi connectivity index (χ2n) is 5.78. The first-order valence-corrected chi connectivity index (χ1v) is 7.68. The lowest BCUT2D eigenvalue weighted by atomic mass is 10.1. The number of carbonyl (C=O) groups is 4. The third kappa shape index (κ3) is 5.07. The molecular formula is C16H23N3O6. The number of H-pyrrole nitrogens is 1. The Morgan fingerprint density at radius 3 is 2.16 bits per heavy atom. The number of hydrogen-bond acceptors (Lipinski definition) is 6. The van der Waals surface area contributed by atoms with Crippen LogP contribution < -0.4 is 10.6 Å². The number of nitrogens with one attached hydrogen (secondary N) is 3. The Morgan fingerprint density at radius 2 is 1.64 bits per heavy atom. The second kappa shape index (κ2) is 8.32. The Bertz CT molecular complexity index is 692. The highest BCUT2D eigenvalue weighted by atomic mass is 16.5. The number of urea groups is 1. The van der Waals surface area contributed by atoms with Gasteiger partial charge in [-0.05, 0) is 40.2 Å². The molecule has 1 unspecified atom stereocenters. The van der Waals surface area contributed by atoms with Crippen molar-refractivity contribution in [3.05, 3.63) is 22.5 Å². The Morgan fingerprint density at radius 1 is 1.04 bits per heavy atom. The summed E-state index contributed by atoms with van der Waals surface area (Å²) in [5, 5.41) is 4.56. The van der Waals surface area contributed by atoms with Crippen LogP contribution in [-0.2, 0) is 14.3 Å². The van der Waals surface area contributed by atoms with Crippen molar-refractivity contribution in [2.75, 3.05) is 7.11 Å². The van der Waals surface area contributed by atoms with E-state index < -0.39 is 30.0 Å². The first kappa shape index (κ1) is 20.2. The number of rotatable bonds is 5. The molecule has 0 fully saturated rings. The van der Waals surface area contributed by atoms with Crippen LogP contribution in [0.25, 0.3) is 0 Å². The molecule has 1 aromatic heterocycles. The average Bonchev–Trinajstić information content (AvgIpc) is 2.80. The van der Waals surface area contributed by atoms with E-state index in [2.05, 4.69) is 20.4 Å². The smallest absolute Gasteiger partial charge is 0.355 e. The van der Waals surface area contributed by atoms with Gasteiger partial charge in [-0.1, -0.05) is 0 Å². The van der Waals surface area contributed by atoms with Crippen LogP contribution in [0.2, 0.25) is 0 Å². The summed E-state index contributed by atoms with van der Waals surface area (Å²) in [5.74, 6) is -2.16. The molecule has 0 bridgehead atoms. The number of esters is 2. The van der Waals surface area contributed by atoms with Gasteiger partial charge in [0.2, 0.25) is 0 Å². The van der Waals surface area contributed by atoms with Crippen molar-refractivity contribution in [1.29, 1.82) is 0 Å². The Labute approximate surface area is 145 Å². The molecule has 9 heteroatoms. The molecule has 1 atom stereocenters. The lowest BCUT2D eigenvalue weighted by Gasteiger charge is -2.14. The van der Waals surface area contributed by atoms with Gasteiger partial charge in [-0.25, -0.2) is 14.4 Å². The number of hydrogen-bond donors (Lipinski definition) is 3. The van der Waals surface area contributed by atoms with E-state index in [-0.39, 0.29) is 17.3 Å². The third-order valence-electron chi connectivity index (χ3n) is 3.34. The number of imide groups is 1. The van der Waals surface area contributed by atoms with Crippen molar-refractivity contribution >= 4 is 23.9 Å². The fourth-order valence-electron chi connectivity index (χ4n) is 2.15. The van der Waals surface area contributed by atoms with Crippen molar-refractivity contribution in [3.63, 3.8) is 0 Å². The fraction of sp³-hybridized carbons (Fsp3) is 0.500. The molecule has 1 heterocycles. The highest BCUT2D eigenvalue weighted by Crippen LogP contribution is 2.20. The Kier molecular flexibility index (Phi) is 6.72. The summed E-state index contributed by atoms with van der Waals surface area (Å²) in [7, 11) is 1.24. The van der Waals surface area contributed by atoms with Crippen molar-refractivity contribution in [1.82, 2.24) is 15.6 Å². The average molecular weight is 353 g/mol. The van der Waals surface area contributed by atoms with E-state index in [1.165, 1.54) is 14.0 Å². The molecular weight excluding hydrogens is 330 g/mol. The lowest BCUT2D eigenvalue weighted by molar-refractivity contribution is -0.127. The fourth-order valence-corrected chi connectivity index (χ4v) is 2.15. The maximum atomic E-state index is 12.2. The molecule has 0 aromatic carbocycles. The van der Waals surface area contributed by atoms with Crippen LogP contribution in [-0.4, -0.2) is 48.1 Å². The predicted octanol–water partition coefficient (Wildman–Crippen LogP) is 1.20. The van der Waals surface area contributed by atoms with Crippen molar-refractivity contribution in [2.24, 2.45) is 0 Å². The standard InChI is InChI=1S/C16H23N3O6/c1-7(2)17-16(23)19-13(20)10(5)25-15(22)12-8(3)11(9(4)18-12)14(21)24-6/h7,10,18H,1-6H3,(H2,17,19,20,23). The molecule has 138 valence electrons. The number of methoxy groups -OCH3 is 1. The zero-order chi connectivity index (χ0) is 19.3. The van der Waals surface area contributed by atoms with Crippen LogP contribution in [0.3, 0.4) is 0 Å². The van der Waals surface area contributed by atoms with E-state index in [1.54, 1.807) is 27.7 Å². The number of carbonyl (C=O) groups excluding carboxylic acids is 4. The van der Waals surface area contributed by atoms with Gasteiger partial charge in [0.25, 0.3) is 5.91 Å². The first-order valence-electron chi connectivity index (χ1n) is 7.68. The third-order valence-corrected chi connectivity index (χ3v) is 3.34. The second-order valence-corrected chi connectivity index (χ2v) is 5.78. The highest BCUT2D eigenvalue weighted by Gasteiger charge is 2.26. The minimum Gasteiger partial charge on any atom is -0.465 e. The highest BCUT2D eigenvalue weighted by molar-refractivity contribution is 6.00. The molecule has 0 spiro atoms. The molecule has 9 nitrogen and oxygen atoms in total. The predicted molar refractivity (Wildman–Crippen MR) is 88.3 cm³/mol. The van der Waals surface area contributed by atoms with Gasteiger partial charge in [0.1, 0.15) is 5.69 Å². The van der Waals surface area contributed by atoms with Gasteiger partial charge in [-0.15, -0.1) is 0 Å². The zero-order valence-electron chi connectivity index (χ0n) is 15.1. The minimum absolute atomic E-state index is 0.0455. The quantitative estimate of drug-likeness (QED) is 0.683. The summed E-state index contributed by atoms with van der Waals surface area (Å²) in [6, 6.07) is -0.824. The van der Waals surface area contributed by atoms with Crippen LogP contribution in [0.1, 0.15) is 52.9 Å². The first-order chi connectivity index (χ1) is 11.6. The monoisotopic (exact) mass is 353 g/mol. The van der Waals surface area contributed by atoms with Gasteiger partial charge in [-0.3, -0.25) is 10.1 Å². The lowest BCUT2D eigenvalue weighted by Crippen LogP contribution is -2.46. The summed E-state index contributed by atoms with van der Waals surface area (Å²) < 4.78 is 9.72. The summed E-state index contributed by atoms with van der Waals surface area (Å²) in [4.78, 5) is 50.1. The SMILES string of the molecule is COC(=O)c1c(C)[nH]c(C(=O)OC(C)C(=O)NC(=O)NC(C)C)c1C. The number of ether oxygens (including phenoxy) is 2. The summed E-state index contributed by atoms with van der Waals surface area (Å²) in [6.45, 7) is 7.99. The van der Waals surface area contributed by atoms with Gasteiger partial charge in [0, 0.05) is 11.7 Å². The van der Waals surface area contributed by atoms with Crippen LogP contribution >= 0.6 is 0 Å². The number of aromatic nitrogens is 1. The van der Waals surface area contributed by atoms with Gasteiger partial charge in [-0.2, -0.15) is 0 Å². The topological polar surface area (TPSA) is 127 Å². The van der Waals surface area contributed by atoms with Gasteiger partial charge < -0.3 is 19.8 Å². The van der Waals surface area contributed by atoms with Crippen molar-refractivity contribution < 1.29 is 28.7 Å². The molecule has 0 saturated carbocycles. The van der Waals surface area contributed by atoms with E-state index in [0.29, 0.717) is 11.3 Å². The molecule has 0 aliphatic carbocycles. The molecule has 25 heavy (non-hydrogen) atoms. The number of aromatic amines is 1. The molecule has 1 aromatic rings. The Hall–Kier alpha value is -2.84. The summed E-state index contributed by atoms with van der Waals surface area (Å²) >= 11 is 0. The van der Waals surface area contributed by atoms with E-state index >= 15 is 0 Å². The molecule has 0 radical (unpaired) electrons. The van der Waals surface area contributed by atoms with Crippen LogP contribution in [0, 0.1) is 13.8 Å². The van der Waals surface area contributed by atoms with E-state index in [1.807, 2.05) is 0 Å². The number of aryl methyl sites for hydroxylation is 1. The summed E-state index contributed by atoms with van der Waals surface area (Å²) in [5.41, 5.74) is 1.09. The van der Waals surface area contributed by atoms with Crippen LogP contribution in [0.15, 0.2) is 0 Å². The van der Waals surface area contributed by atoms with E-state index in [0.717, 1.165) is 0 Å². The van der Waals surface area contributed by atoms with E-state index in [9.17, 15) is 19.2 Å². The van der Waals surface area contributed by atoms with Crippen molar-refractivity contribution in [3.8, 4) is 0 Å². The molecule has 3 N–H and O–H groups in total. The maximum Gasteiger partial charge on any atom is 0.355 e. The van der Waals surface area contributed by atoms with Gasteiger partial charge in [0.15, 0.2) is 6.10 Å². The zero-order valence-corrected chi connectivity index (χ0v) is 15.1. The molecule has 3 amide bonds. The summed E-state index contributed by atoms with van der Waals surface area (Å²) in [6.07, 6.45) is -1.20. The van der Waals surface area contributed by atoms with Crippen LogP contribution in [0.4, 0.5) is 4.79 Å². The molecule has 1 rings (SSSR count). The largest absolute Gasteiger partial charge is 0.465 e. The van der Waals surface area contributed by atoms with Crippen LogP contribution in [0.5, 0.6) is 0 Å². The minimum atomic E-state index is -1.20. The number of amides is 3. The van der Waals surface area contributed by atoms with Crippen molar-refractivity contribution in [2.45, 2.75) is 46.8 Å². The molecule has 0 aliphatic heterocycles. The van der Waals surface area contributed by atoms with Gasteiger partial charge >= 0.3 is 18.0 Å². The van der Waals surface area contributed by atoms with Gasteiger partial charge in [0.05, 0.1) is 12.7 Å². The van der Waals surface area contributed by atoms with E-state index in [4.69, 9.17) is 4.74 Å². The normalized spacial score (nSPS) is 11.6.